The zero-order chi connectivity index (χ0) is 15.0. The summed E-state index contributed by atoms with van der Waals surface area (Å²) in [7, 11) is 0. The Morgan fingerprint density at radius 2 is 2.10 bits per heavy atom. The molecular formula is C14H10ClN3OS2. The summed E-state index contributed by atoms with van der Waals surface area (Å²) in [5, 5.41) is 14.0. The van der Waals surface area contributed by atoms with E-state index in [-0.39, 0.29) is 15.9 Å². The second-order valence-corrected chi connectivity index (χ2v) is 6.21. The summed E-state index contributed by atoms with van der Waals surface area (Å²) in [6.07, 6.45) is 0. The first-order valence-electron chi connectivity index (χ1n) is 5.99. The van der Waals surface area contributed by atoms with Crippen LogP contribution in [0.15, 0.2) is 36.4 Å². The van der Waals surface area contributed by atoms with Gasteiger partial charge in [0.15, 0.2) is 5.11 Å². The number of para-hydroxylation sites is 1. The first kappa shape index (κ1) is 14.1. The van der Waals surface area contributed by atoms with Crippen molar-refractivity contribution in [2.24, 2.45) is 5.73 Å². The molecule has 0 saturated heterocycles. The van der Waals surface area contributed by atoms with Gasteiger partial charge in [-0.2, -0.15) is 0 Å². The summed E-state index contributed by atoms with van der Waals surface area (Å²) in [6.45, 7) is 0. The van der Waals surface area contributed by atoms with E-state index in [4.69, 9.17) is 29.6 Å². The van der Waals surface area contributed by atoms with Crippen molar-refractivity contribution in [1.82, 2.24) is 4.98 Å². The standard InChI is InChI=1S/C14H10ClN3OS2/c15-9-6-7(17-14(16)20)5-8(12(9)19)13-18-10-3-1-2-4-11(10)21-13/h1-6,19H,(H3,16,17,20). The van der Waals surface area contributed by atoms with Gasteiger partial charge in [0.05, 0.1) is 20.8 Å². The number of nitrogens with one attached hydrogen (secondary N) is 1. The molecule has 0 spiro atoms. The van der Waals surface area contributed by atoms with E-state index in [1.165, 1.54) is 11.3 Å². The van der Waals surface area contributed by atoms with Crippen molar-refractivity contribution in [2.45, 2.75) is 0 Å². The number of thiocarbonyl (C=S) groups is 1. The monoisotopic (exact) mass is 335 g/mol. The Balaban J connectivity index is 2.15. The molecule has 0 atom stereocenters. The van der Waals surface area contributed by atoms with Crippen LogP contribution < -0.4 is 11.1 Å². The minimum atomic E-state index is -0.00999. The topological polar surface area (TPSA) is 71.2 Å². The van der Waals surface area contributed by atoms with Crippen LogP contribution in [-0.2, 0) is 0 Å². The highest BCUT2D eigenvalue weighted by Crippen LogP contribution is 2.40. The number of phenolic OH excluding ortho intramolecular Hbond substituents is 1. The minimum absolute atomic E-state index is 0.00999. The molecule has 21 heavy (non-hydrogen) atoms. The van der Waals surface area contributed by atoms with Crippen LogP contribution >= 0.6 is 35.2 Å². The van der Waals surface area contributed by atoms with Crippen LogP contribution in [0, 0.1) is 0 Å². The first-order valence-corrected chi connectivity index (χ1v) is 7.60. The van der Waals surface area contributed by atoms with Crippen LogP contribution in [0.5, 0.6) is 5.75 Å². The number of aromatic nitrogens is 1. The molecule has 4 N–H and O–H groups in total. The Morgan fingerprint density at radius 3 is 2.81 bits per heavy atom. The van der Waals surface area contributed by atoms with E-state index in [1.807, 2.05) is 24.3 Å². The maximum Gasteiger partial charge on any atom is 0.168 e. The fourth-order valence-electron chi connectivity index (χ4n) is 1.96. The molecule has 0 bridgehead atoms. The third-order valence-corrected chi connectivity index (χ3v) is 4.32. The van der Waals surface area contributed by atoms with Gasteiger partial charge in [-0.15, -0.1) is 11.3 Å². The smallest absolute Gasteiger partial charge is 0.168 e. The van der Waals surface area contributed by atoms with Crippen LogP contribution in [0.3, 0.4) is 0 Å². The minimum Gasteiger partial charge on any atom is -0.506 e. The molecule has 3 rings (SSSR count). The Labute approximate surface area is 135 Å². The molecule has 0 fully saturated rings. The highest BCUT2D eigenvalue weighted by molar-refractivity contribution is 7.80. The number of aromatic hydroxyl groups is 1. The summed E-state index contributed by atoms with van der Waals surface area (Å²) >= 11 is 12.3. The third-order valence-electron chi connectivity index (χ3n) is 2.86. The van der Waals surface area contributed by atoms with Crippen molar-refractivity contribution in [2.75, 3.05) is 5.32 Å². The highest BCUT2D eigenvalue weighted by atomic mass is 35.5. The molecule has 0 aliphatic heterocycles. The molecule has 1 aromatic heterocycles. The van der Waals surface area contributed by atoms with Gasteiger partial charge in [0.25, 0.3) is 0 Å². The number of nitrogens with zero attached hydrogens (tertiary/aromatic N) is 1. The van der Waals surface area contributed by atoms with E-state index in [1.54, 1.807) is 12.1 Å². The van der Waals surface area contributed by atoms with Gasteiger partial charge in [-0.3, -0.25) is 0 Å². The second-order valence-electron chi connectivity index (χ2n) is 4.33. The average Bonchev–Trinajstić information content (AvgIpc) is 2.85. The summed E-state index contributed by atoms with van der Waals surface area (Å²) < 4.78 is 1.04. The molecule has 4 nitrogen and oxygen atoms in total. The molecule has 2 aromatic carbocycles. The van der Waals surface area contributed by atoms with E-state index in [2.05, 4.69) is 10.3 Å². The highest BCUT2D eigenvalue weighted by Gasteiger charge is 2.14. The number of fused-ring (bicyclic) bond motifs is 1. The number of halogens is 1. The predicted octanol–water partition coefficient (Wildman–Crippen LogP) is 3.98. The number of anilines is 1. The lowest BCUT2D eigenvalue weighted by Crippen LogP contribution is -2.18. The maximum atomic E-state index is 10.2. The molecule has 3 aromatic rings. The first-order chi connectivity index (χ1) is 10.0. The molecule has 0 aliphatic carbocycles. The van der Waals surface area contributed by atoms with Crippen LogP contribution in [0.25, 0.3) is 20.8 Å². The molecule has 7 heteroatoms. The van der Waals surface area contributed by atoms with Gasteiger partial charge in [0.1, 0.15) is 10.8 Å². The van der Waals surface area contributed by atoms with Gasteiger partial charge < -0.3 is 16.2 Å². The molecule has 0 radical (unpaired) electrons. The van der Waals surface area contributed by atoms with Crippen molar-refractivity contribution in [1.29, 1.82) is 0 Å². The van der Waals surface area contributed by atoms with Gasteiger partial charge in [0.2, 0.25) is 0 Å². The molecule has 0 aliphatic rings. The lowest BCUT2D eigenvalue weighted by atomic mass is 10.2. The number of phenols is 1. The lowest BCUT2D eigenvalue weighted by Gasteiger charge is -2.09. The van der Waals surface area contributed by atoms with Crippen molar-refractivity contribution in [3.63, 3.8) is 0 Å². The molecule has 0 saturated carbocycles. The van der Waals surface area contributed by atoms with Gasteiger partial charge in [0, 0.05) is 5.69 Å². The quantitative estimate of drug-likeness (QED) is 0.488. The summed E-state index contributed by atoms with van der Waals surface area (Å²) in [6, 6.07) is 11.0. The van der Waals surface area contributed by atoms with Gasteiger partial charge in [-0.1, -0.05) is 23.7 Å². The molecule has 0 unspecified atom stereocenters. The summed E-state index contributed by atoms with van der Waals surface area (Å²) in [4.78, 5) is 4.51. The van der Waals surface area contributed by atoms with Gasteiger partial charge in [-0.25, -0.2) is 4.98 Å². The SMILES string of the molecule is NC(=S)Nc1cc(Cl)c(O)c(-c2nc3ccccc3s2)c1. The average molecular weight is 336 g/mol. The number of hydrogen-bond donors (Lipinski definition) is 3. The Bertz CT molecular complexity index is 814. The third kappa shape index (κ3) is 2.78. The number of nitrogens with two attached hydrogens (primary N) is 1. The van der Waals surface area contributed by atoms with E-state index in [9.17, 15) is 5.11 Å². The number of thiazole rings is 1. The van der Waals surface area contributed by atoms with Crippen molar-refractivity contribution >= 4 is 56.2 Å². The predicted molar refractivity (Wildman–Crippen MR) is 92.1 cm³/mol. The Hall–Kier alpha value is -1.89. The lowest BCUT2D eigenvalue weighted by molar-refractivity contribution is 0.477. The number of hydrogen-bond acceptors (Lipinski definition) is 4. The molecule has 1 heterocycles. The van der Waals surface area contributed by atoms with Crippen molar-refractivity contribution in [3.8, 4) is 16.3 Å². The molecule has 0 amide bonds. The van der Waals surface area contributed by atoms with Gasteiger partial charge in [-0.05, 0) is 36.5 Å². The summed E-state index contributed by atoms with van der Waals surface area (Å²) in [5.41, 5.74) is 7.49. The van der Waals surface area contributed by atoms with E-state index in [0.717, 1.165) is 10.2 Å². The van der Waals surface area contributed by atoms with Crippen LogP contribution in [0.1, 0.15) is 0 Å². The number of rotatable bonds is 2. The fraction of sp³-hybridized carbons (Fsp3) is 0. The van der Waals surface area contributed by atoms with E-state index >= 15 is 0 Å². The van der Waals surface area contributed by atoms with Crippen LogP contribution in [0.4, 0.5) is 5.69 Å². The largest absolute Gasteiger partial charge is 0.506 e. The maximum absolute atomic E-state index is 10.2. The normalized spacial score (nSPS) is 10.7. The Kier molecular flexibility index (Phi) is 3.67. The summed E-state index contributed by atoms with van der Waals surface area (Å²) in [5.74, 6) is -0.00999. The van der Waals surface area contributed by atoms with E-state index < -0.39 is 0 Å². The van der Waals surface area contributed by atoms with Crippen LogP contribution in [-0.4, -0.2) is 15.2 Å². The zero-order valence-electron chi connectivity index (χ0n) is 10.6. The second kappa shape index (κ2) is 5.48. The molecular weight excluding hydrogens is 326 g/mol. The van der Waals surface area contributed by atoms with Crippen molar-refractivity contribution < 1.29 is 5.11 Å². The zero-order valence-corrected chi connectivity index (χ0v) is 13.0. The number of benzene rings is 2. The van der Waals surface area contributed by atoms with E-state index in [0.29, 0.717) is 16.3 Å². The fourth-order valence-corrected chi connectivity index (χ4v) is 3.28. The van der Waals surface area contributed by atoms with Gasteiger partial charge >= 0.3 is 0 Å². The Morgan fingerprint density at radius 1 is 1.33 bits per heavy atom. The van der Waals surface area contributed by atoms with Crippen molar-refractivity contribution in [3.05, 3.63) is 41.4 Å². The molecule has 106 valence electrons. The van der Waals surface area contributed by atoms with Crippen LogP contribution in [0.2, 0.25) is 5.02 Å².